The quantitative estimate of drug-likeness (QED) is 0.490. The Morgan fingerprint density at radius 3 is 2.89 bits per heavy atom. The van der Waals surface area contributed by atoms with E-state index < -0.39 is 11.5 Å². The van der Waals surface area contributed by atoms with Gasteiger partial charge in [-0.1, -0.05) is 11.6 Å². The minimum absolute atomic E-state index is 0.0356. The molecule has 3 aromatic rings. The minimum Gasteiger partial charge on any atom is -0.497 e. The van der Waals surface area contributed by atoms with Crippen molar-refractivity contribution in [3.05, 3.63) is 69.0 Å². The van der Waals surface area contributed by atoms with E-state index in [-0.39, 0.29) is 19.2 Å². The van der Waals surface area contributed by atoms with Gasteiger partial charge in [0.2, 0.25) is 0 Å². The molecule has 1 aliphatic heterocycles. The lowest BCUT2D eigenvalue weighted by Gasteiger charge is -2.24. The van der Waals surface area contributed by atoms with Crippen LogP contribution in [0, 0.1) is 5.92 Å². The zero-order valence-electron chi connectivity index (χ0n) is 15.1. The molecule has 0 spiro atoms. The van der Waals surface area contributed by atoms with Crippen LogP contribution in [0.3, 0.4) is 0 Å². The fourth-order valence-corrected chi connectivity index (χ4v) is 3.43. The van der Waals surface area contributed by atoms with Crippen LogP contribution in [0.2, 0.25) is 5.02 Å². The molecule has 144 valence electrons. The van der Waals surface area contributed by atoms with E-state index in [4.69, 9.17) is 30.2 Å². The third-order valence-electron chi connectivity index (χ3n) is 4.67. The van der Waals surface area contributed by atoms with Gasteiger partial charge >= 0.3 is 11.6 Å². The molecule has 4 rings (SSSR count). The highest BCUT2D eigenvalue weighted by atomic mass is 35.5. The summed E-state index contributed by atoms with van der Waals surface area (Å²) in [5.74, 6) is 0.480. The highest BCUT2D eigenvalue weighted by Crippen LogP contribution is 2.30. The minimum atomic E-state index is -0.517. The number of halogens is 1. The lowest BCUT2D eigenvalue weighted by Crippen LogP contribution is -2.29. The predicted octanol–water partition coefficient (Wildman–Crippen LogP) is 3.75. The summed E-state index contributed by atoms with van der Waals surface area (Å²) in [6.45, 7) is 0.203. The molecule has 0 amide bonds. The van der Waals surface area contributed by atoms with Crippen LogP contribution in [0.5, 0.6) is 11.5 Å². The van der Waals surface area contributed by atoms with E-state index in [1.807, 2.05) is 0 Å². The van der Waals surface area contributed by atoms with Gasteiger partial charge in [-0.3, -0.25) is 4.79 Å². The number of esters is 1. The van der Waals surface area contributed by atoms with Gasteiger partial charge in [-0.15, -0.1) is 0 Å². The fourth-order valence-electron chi connectivity index (χ4n) is 3.24. The molecule has 2 heterocycles. The Labute approximate surface area is 165 Å². The van der Waals surface area contributed by atoms with E-state index in [0.717, 1.165) is 11.3 Å². The van der Waals surface area contributed by atoms with Crippen molar-refractivity contribution in [2.45, 2.75) is 13.0 Å². The first kappa shape index (κ1) is 18.4. The molecule has 1 atom stereocenters. The normalized spacial score (nSPS) is 15.6. The van der Waals surface area contributed by atoms with Crippen LogP contribution in [0.1, 0.15) is 11.1 Å². The number of carbonyl (C=O) groups is 1. The highest BCUT2D eigenvalue weighted by molar-refractivity contribution is 6.30. The summed E-state index contributed by atoms with van der Waals surface area (Å²) in [5, 5.41) is 1.28. The van der Waals surface area contributed by atoms with E-state index in [0.29, 0.717) is 33.7 Å². The van der Waals surface area contributed by atoms with Crippen LogP contribution in [-0.2, 0) is 22.6 Å². The van der Waals surface area contributed by atoms with Crippen LogP contribution in [0.25, 0.3) is 11.0 Å². The van der Waals surface area contributed by atoms with Crippen molar-refractivity contribution >= 4 is 28.5 Å². The predicted molar refractivity (Wildman–Crippen MR) is 103 cm³/mol. The monoisotopic (exact) mass is 400 g/mol. The van der Waals surface area contributed by atoms with Crippen LogP contribution in [0.4, 0.5) is 0 Å². The van der Waals surface area contributed by atoms with Gasteiger partial charge in [0.1, 0.15) is 30.3 Å². The second kappa shape index (κ2) is 7.56. The maximum atomic E-state index is 12.5. The van der Waals surface area contributed by atoms with Crippen LogP contribution in [-0.4, -0.2) is 19.7 Å². The Morgan fingerprint density at radius 1 is 1.21 bits per heavy atom. The summed E-state index contributed by atoms with van der Waals surface area (Å²) >= 11 is 6.02. The summed E-state index contributed by atoms with van der Waals surface area (Å²) in [7, 11) is 1.53. The van der Waals surface area contributed by atoms with Gasteiger partial charge in [0, 0.05) is 28.1 Å². The lowest BCUT2D eigenvalue weighted by atomic mass is 9.97. The Kier molecular flexibility index (Phi) is 4.96. The largest absolute Gasteiger partial charge is 0.497 e. The van der Waals surface area contributed by atoms with Gasteiger partial charge in [0.05, 0.1) is 13.0 Å². The van der Waals surface area contributed by atoms with Crippen molar-refractivity contribution in [2.75, 3.05) is 13.7 Å². The molecular formula is C21H17ClO6. The first-order valence-electron chi connectivity index (χ1n) is 8.72. The number of methoxy groups -OCH3 is 1. The molecule has 0 radical (unpaired) electrons. The van der Waals surface area contributed by atoms with E-state index in [2.05, 4.69) is 0 Å². The molecule has 1 aromatic heterocycles. The molecule has 6 nitrogen and oxygen atoms in total. The maximum Gasteiger partial charge on any atom is 0.336 e. The number of rotatable bonds is 4. The number of fused-ring (bicyclic) bond motifs is 2. The van der Waals surface area contributed by atoms with Crippen molar-refractivity contribution in [3.8, 4) is 11.5 Å². The van der Waals surface area contributed by atoms with E-state index >= 15 is 0 Å². The Hall–Kier alpha value is -2.99. The Balaban J connectivity index is 1.50. The van der Waals surface area contributed by atoms with Crippen LogP contribution in [0.15, 0.2) is 51.7 Å². The number of hydrogen-bond acceptors (Lipinski definition) is 6. The summed E-state index contributed by atoms with van der Waals surface area (Å²) < 4.78 is 21.5. The zero-order chi connectivity index (χ0) is 19.7. The number of ether oxygens (including phenoxy) is 3. The van der Waals surface area contributed by atoms with E-state index in [1.165, 1.54) is 13.2 Å². The average Bonchev–Trinajstić information content (AvgIpc) is 2.70. The zero-order valence-corrected chi connectivity index (χ0v) is 15.8. The van der Waals surface area contributed by atoms with Gasteiger partial charge in [0.25, 0.3) is 0 Å². The summed E-state index contributed by atoms with van der Waals surface area (Å²) in [4.78, 5) is 24.4. The topological polar surface area (TPSA) is 75.0 Å². The van der Waals surface area contributed by atoms with Gasteiger partial charge in [-0.2, -0.15) is 0 Å². The van der Waals surface area contributed by atoms with Gasteiger partial charge in [0.15, 0.2) is 0 Å². The van der Waals surface area contributed by atoms with E-state index in [1.54, 1.807) is 36.4 Å². The molecule has 0 fully saturated rings. The molecule has 0 bridgehead atoms. The highest BCUT2D eigenvalue weighted by Gasteiger charge is 2.27. The maximum absolute atomic E-state index is 12.5. The first-order chi connectivity index (χ1) is 13.5. The van der Waals surface area contributed by atoms with Crippen LogP contribution < -0.4 is 15.1 Å². The van der Waals surface area contributed by atoms with E-state index in [9.17, 15) is 9.59 Å². The van der Waals surface area contributed by atoms with Crippen molar-refractivity contribution in [1.29, 1.82) is 0 Å². The molecule has 28 heavy (non-hydrogen) atoms. The Morgan fingerprint density at radius 2 is 2.07 bits per heavy atom. The standard InChI is InChI=1S/C21H17ClO6/c1-25-16-3-4-17-13(8-20(23)28-19(17)9-16)10-27-21(24)14-6-12-7-15(22)2-5-18(12)26-11-14/h2-5,7-9,14H,6,10-11H2,1H3. The molecule has 0 aliphatic carbocycles. The smallest absolute Gasteiger partial charge is 0.336 e. The third-order valence-corrected chi connectivity index (χ3v) is 4.90. The molecule has 0 N–H and O–H groups in total. The molecule has 0 saturated carbocycles. The molecule has 7 heteroatoms. The van der Waals surface area contributed by atoms with Crippen molar-refractivity contribution in [2.24, 2.45) is 5.92 Å². The summed E-state index contributed by atoms with van der Waals surface area (Å²) in [6, 6.07) is 11.8. The molecule has 1 unspecified atom stereocenters. The van der Waals surface area contributed by atoms with Crippen molar-refractivity contribution in [1.82, 2.24) is 0 Å². The van der Waals surface area contributed by atoms with Gasteiger partial charge in [-0.25, -0.2) is 4.79 Å². The number of benzene rings is 2. The van der Waals surface area contributed by atoms with Crippen molar-refractivity contribution < 1.29 is 23.4 Å². The number of carbonyl (C=O) groups excluding carboxylic acids is 1. The molecule has 1 aliphatic rings. The van der Waals surface area contributed by atoms with Crippen LogP contribution >= 0.6 is 11.6 Å². The van der Waals surface area contributed by atoms with Crippen molar-refractivity contribution in [3.63, 3.8) is 0 Å². The molecule has 2 aromatic carbocycles. The second-order valence-corrected chi connectivity index (χ2v) is 6.96. The number of hydrogen-bond donors (Lipinski definition) is 0. The SMILES string of the molecule is COc1ccc2c(COC(=O)C3COc4ccc(Cl)cc4C3)cc(=O)oc2c1. The summed E-state index contributed by atoms with van der Waals surface area (Å²) in [6.07, 6.45) is 0.490. The Bertz CT molecular complexity index is 1100. The van der Waals surface area contributed by atoms with Gasteiger partial charge < -0.3 is 18.6 Å². The lowest BCUT2D eigenvalue weighted by molar-refractivity contribution is -0.151. The second-order valence-electron chi connectivity index (χ2n) is 6.52. The van der Waals surface area contributed by atoms with Gasteiger partial charge in [-0.05, 0) is 42.3 Å². The fraction of sp³-hybridized carbons (Fsp3) is 0.238. The third kappa shape index (κ3) is 3.68. The summed E-state index contributed by atoms with van der Waals surface area (Å²) in [5.41, 5.74) is 1.31. The molecule has 0 saturated heterocycles. The average molecular weight is 401 g/mol. The molecular weight excluding hydrogens is 384 g/mol. The first-order valence-corrected chi connectivity index (χ1v) is 9.10.